The molecule has 10 nitrogen and oxygen atoms in total. The van der Waals surface area contributed by atoms with Crippen LogP contribution in [0.15, 0.2) is 18.2 Å². The Labute approximate surface area is 206 Å². The van der Waals surface area contributed by atoms with Crippen LogP contribution in [0.25, 0.3) is 0 Å². The molecule has 0 amide bonds. The molecule has 35 heavy (non-hydrogen) atoms. The minimum atomic E-state index is -1.03. The van der Waals surface area contributed by atoms with Crippen LogP contribution in [0.3, 0.4) is 0 Å². The molecule has 0 aliphatic heterocycles. The highest BCUT2D eigenvalue weighted by Crippen LogP contribution is 2.30. The van der Waals surface area contributed by atoms with Crippen molar-refractivity contribution in [1.82, 2.24) is 0 Å². The van der Waals surface area contributed by atoms with E-state index in [4.69, 9.17) is 29.4 Å². The molecule has 0 aliphatic rings. The second-order valence-electron chi connectivity index (χ2n) is 8.75. The summed E-state index contributed by atoms with van der Waals surface area (Å²) in [4.78, 5) is 48.0. The summed E-state index contributed by atoms with van der Waals surface area (Å²) in [6, 6.07) is 3.56. The fourth-order valence-electron chi connectivity index (χ4n) is 2.47. The van der Waals surface area contributed by atoms with Crippen molar-refractivity contribution in [2.45, 2.75) is 73.0 Å². The molecular formula is C25H37NO9. The summed E-state index contributed by atoms with van der Waals surface area (Å²) in [5.41, 5.74) is 6.54. The van der Waals surface area contributed by atoms with E-state index in [1.807, 2.05) is 6.92 Å². The van der Waals surface area contributed by atoms with Crippen molar-refractivity contribution in [2.75, 3.05) is 13.2 Å². The molecule has 1 rings (SSSR count). The van der Waals surface area contributed by atoms with Crippen molar-refractivity contribution >= 4 is 24.1 Å². The smallest absolute Gasteiger partial charge is 0.461 e. The second kappa shape index (κ2) is 15.0. The Kier molecular flexibility index (Phi) is 12.8. The van der Waals surface area contributed by atoms with Gasteiger partial charge in [0.15, 0.2) is 11.5 Å². The number of carbonyl (C=O) groups excluding carboxylic acids is 4. The predicted octanol–water partition coefficient (Wildman–Crippen LogP) is 3.56. The van der Waals surface area contributed by atoms with Gasteiger partial charge < -0.3 is 29.4 Å². The Morgan fingerprint density at radius 3 is 2.03 bits per heavy atom. The molecule has 0 unspecified atom stereocenters. The van der Waals surface area contributed by atoms with Crippen LogP contribution in [-0.2, 0) is 35.0 Å². The van der Waals surface area contributed by atoms with Gasteiger partial charge in [0.1, 0.15) is 18.8 Å². The first kappa shape index (κ1) is 29.9. The third-order valence-electron chi connectivity index (χ3n) is 4.61. The van der Waals surface area contributed by atoms with Crippen molar-refractivity contribution in [3.8, 4) is 11.5 Å². The third-order valence-corrected chi connectivity index (χ3v) is 4.61. The average Bonchev–Trinajstić information content (AvgIpc) is 2.78. The first-order valence-electron chi connectivity index (χ1n) is 11.8. The van der Waals surface area contributed by atoms with E-state index >= 15 is 0 Å². The van der Waals surface area contributed by atoms with Crippen LogP contribution >= 0.6 is 0 Å². The Hall–Kier alpha value is -3.14. The quantitative estimate of drug-likeness (QED) is 0.245. The molecule has 0 aliphatic carbocycles. The van der Waals surface area contributed by atoms with Gasteiger partial charge in [-0.15, -0.1) is 0 Å². The number of esters is 3. The van der Waals surface area contributed by atoms with Crippen LogP contribution in [-0.4, -0.2) is 49.4 Å². The number of carbonyl (C=O) groups is 4. The Balaban J connectivity index is 2.76. The number of rotatable bonds is 13. The van der Waals surface area contributed by atoms with Crippen molar-refractivity contribution in [3.63, 3.8) is 0 Å². The molecular weight excluding hydrogens is 458 g/mol. The van der Waals surface area contributed by atoms with Gasteiger partial charge in [0.05, 0.1) is 18.4 Å². The zero-order valence-electron chi connectivity index (χ0n) is 21.3. The fourth-order valence-corrected chi connectivity index (χ4v) is 2.47. The molecule has 0 saturated carbocycles. The van der Waals surface area contributed by atoms with Gasteiger partial charge in [-0.25, -0.2) is 4.79 Å². The Bertz CT molecular complexity index is 866. The normalized spacial score (nSPS) is 12.6. The molecule has 0 radical (unpaired) electrons. The maximum atomic E-state index is 12.3. The van der Waals surface area contributed by atoms with Gasteiger partial charge in [-0.3, -0.25) is 14.4 Å². The molecule has 1 aromatic carbocycles. The van der Waals surface area contributed by atoms with Crippen molar-refractivity contribution < 1.29 is 42.9 Å². The number of ether oxygens (including phenoxy) is 5. The minimum absolute atomic E-state index is 0.0550. The molecule has 0 fully saturated rings. The van der Waals surface area contributed by atoms with Gasteiger partial charge in [-0.2, -0.15) is 0 Å². The zero-order chi connectivity index (χ0) is 26.5. The van der Waals surface area contributed by atoms with Crippen molar-refractivity contribution in [2.24, 2.45) is 17.6 Å². The highest BCUT2D eigenvalue weighted by Gasteiger charge is 2.22. The third kappa shape index (κ3) is 11.2. The van der Waals surface area contributed by atoms with E-state index in [2.05, 4.69) is 0 Å². The maximum absolute atomic E-state index is 12.3. The fraction of sp³-hybridized carbons (Fsp3) is 0.600. The maximum Gasteiger partial charge on any atom is 0.508 e. The summed E-state index contributed by atoms with van der Waals surface area (Å²) in [7, 11) is 0. The lowest BCUT2D eigenvalue weighted by Gasteiger charge is -2.17. The van der Waals surface area contributed by atoms with Gasteiger partial charge in [0.25, 0.3) is 0 Å². The number of hydrogen-bond acceptors (Lipinski definition) is 10. The van der Waals surface area contributed by atoms with E-state index in [1.54, 1.807) is 40.7 Å². The molecule has 0 heterocycles. The lowest BCUT2D eigenvalue weighted by Crippen LogP contribution is -2.36. The summed E-state index contributed by atoms with van der Waals surface area (Å²) < 4.78 is 25.8. The van der Waals surface area contributed by atoms with Crippen LogP contribution in [0.5, 0.6) is 11.5 Å². The van der Waals surface area contributed by atoms with Gasteiger partial charge in [-0.05, 0) is 37.5 Å². The second-order valence-corrected chi connectivity index (χ2v) is 8.75. The largest absolute Gasteiger partial charge is 0.508 e. The van der Waals surface area contributed by atoms with Gasteiger partial charge >= 0.3 is 24.1 Å². The number of benzene rings is 1. The molecule has 0 spiro atoms. The summed E-state index contributed by atoms with van der Waals surface area (Å²) in [6.45, 7) is 10.3. The van der Waals surface area contributed by atoms with Crippen molar-refractivity contribution in [1.29, 1.82) is 0 Å². The van der Waals surface area contributed by atoms with Gasteiger partial charge in [0, 0.05) is 0 Å². The van der Waals surface area contributed by atoms with Crippen LogP contribution in [0.4, 0.5) is 4.79 Å². The molecule has 0 aromatic heterocycles. The highest BCUT2D eigenvalue weighted by atomic mass is 16.7. The van der Waals surface area contributed by atoms with E-state index in [0.29, 0.717) is 5.56 Å². The topological polar surface area (TPSA) is 140 Å². The summed E-state index contributed by atoms with van der Waals surface area (Å²) in [5, 5.41) is 0. The molecule has 2 N–H and O–H groups in total. The van der Waals surface area contributed by atoms with Crippen LogP contribution in [0.2, 0.25) is 0 Å². The Morgan fingerprint density at radius 2 is 1.46 bits per heavy atom. The molecule has 10 heteroatoms. The number of unbranched alkanes of at least 4 members (excludes halogenated alkanes) is 1. The summed E-state index contributed by atoms with van der Waals surface area (Å²) in [5.74, 6) is -2.32. The van der Waals surface area contributed by atoms with E-state index in [-0.39, 0.29) is 37.1 Å². The van der Waals surface area contributed by atoms with Crippen LogP contribution in [0.1, 0.15) is 59.9 Å². The average molecular weight is 496 g/mol. The molecule has 196 valence electrons. The Morgan fingerprint density at radius 1 is 0.857 bits per heavy atom. The van der Waals surface area contributed by atoms with E-state index in [1.165, 1.54) is 12.1 Å². The lowest BCUT2D eigenvalue weighted by molar-refractivity contribution is -0.148. The lowest BCUT2D eigenvalue weighted by atomic mass is 10.1. The minimum Gasteiger partial charge on any atom is -0.461 e. The van der Waals surface area contributed by atoms with Crippen molar-refractivity contribution in [3.05, 3.63) is 23.8 Å². The van der Waals surface area contributed by atoms with Crippen LogP contribution < -0.4 is 15.2 Å². The molecule has 1 aromatic rings. The summed E-state index contributed by atoms with van der Waals surface area (Å²) >= 11 is 0. The van der Waals surface area contributed by atoms with E-state index < -0.39 is 42.1 Å². The highest BCUT2D eigenvalue weighted by molar-refractivity contribution is 5.78. The van der Waals surface area contributed by atoms with Gasteiger partial charge in [-0.1, -0.05) is 47.1 Å². The van der Waals surface area contributed by atoms with Gasteiger partial charge in [0.2, 0.25) is 0 Å². The SMILES string of the molecule is CCCCOC(=O)O[C@@H](C)COC(=O)[C@@H](N)Cc1ccc(OC(=O)C(C)C)c(OC(=O)C(C)C)c1. The summed E-state index contributed by atoms with van der Waals surface area (Å²) in [6.07, 6.45) is 0.140. The molecule has 0 saturated heterocycles. The van der Waals surface area contributed by atoms with E-state index in [9.17, 15) is 19.2 Å². The monoisotopic (exact) mass is 495 g/mol. The molecule has 2 atom stereocenters. The molecule has 0 bridgehead atoms. The first-order valence-corrected chi connectivity index (χ1v) is 11.8. The predicted molar refractivity (Wildman–Crippen MR) is 127 cm³/mol. The zero-order valence-corrected chi connectivity index (χ0v) is 21.3. The van der Waals surface area contributed by atoms with E-state index in [0.717, 1.165) is 12.8 Å². The van der Waals surface area contributed by atoms with Crippen LogP contribution in [0, 0.1) is 11.8 Å². The number of nitrogens with two attached hydrogens (primary N) is 1. The standard InChI is InChI=1S/C25H37NO9/c1-7-8-11-31-25(30)33-17(6)14-32-24(29)19(26)12-18-9-10-20(34-22(27)15(2)3)21(13-18)35-23(28)16(4)5/h9-10,13,15-17,19H,7-8,11-12,14,26H2,1-6H3/t17-,19-/m0/s1. The first-order chi connectivity index (χ1) is 16.4. The number of hydrogen-bond donors (Lipinski definition) is 1.